The third-order valence-corrected chi connectivity index (χ3v) is 4.97. The van der Waals surface area contributed by atoms with Gasteiger partial charge in [0, 0.05) is 22.9 Å². The topological polar surface area (TPSA) is 84.8 Å². The third-order valence-electron chi connectivity index (χ3n) is 4.97. The molecule has 1 N–H and O–H groups in total. The summed E-state index contributed by atoms with van der Waals surface area (Å²) in [5, 5.41) is 9.79. The Kier molecular flexibility index (Phi) is 6.18. The fourth-order valence-corrected chi connectivity index (χ4v) is 3.47. The minimum atomic E-state index is -4.49. The van der Waals surface area contributed by atoms with Gasteiger partial charge in [0.05, 0.1) is 24.0 Å². The van der Waals surface area contributed by atoms with Crippen molar-refractivity contribution in [3.63, 3.8) is 0 Å². The van der Waals surface area contributed by atoms with Crippen LogP contribution in [-0.4, -0.2) is 46.0 Å². The number of hydrogen-bond acceptors (Lipinski definition) is 6. The number of rotatable bonds is 7. The lowest BCUT2D eigenvalue weighted by Gasteiger charge is -2.18. The number of pyridine rings is 2. The summed E-state index contributed by atoms with van der Waals surface area (Å²) in [4.78, 5) is 23.2. The molecule has 0 spiro atoms. The summed E-state index contributed by atoms with van der Waals surface area (Å²) < 4.78 is 48.6. The van der Waals surface area contributed by atoms with E-state index in [1.165, 1.54) is 23.4 Å². The Labute approximate surface area is 193 Å². The van der Waals surface area contributed by atoms with Crippen LogP contribution in [0.4, 0.5) is 19.0 Å². The first-order valence-electron chi connectivity index (χ1n) is 10.4. The van der Waals surface area contributed by atoms with Crippen molar-refractivity contribution >= 4 is 11.7 Å². The van der Waals surface area contributed by atoms with Gasteiger partial charge in [-0.1, -0.05) is 12.1 Å². The molecule has 0 fully saturated rings. The van der Waals surface area contributed by atoms with E-state index in [0.29, 0.717) is 34.0 Å². The molecule has 34 heavy (non-hydrogen) atoms. The van der Waals surface area contributed by atoms with Crippen LogP contribution in [0.5, 0.6) is 11.5 Å². The normalized spacial score (nSPS) is 13.7. The molecule has 0 radical (unpaired) electrons. The Balaban J connectivity index is 1.60. The molecule has 0 saturated heterocycles. The van der Waals surface area contributed by atoms with Crippen molar-refractivity contribution < 1.29 is 32.5 Å². The average Bonchev–Trinajstić information content (AvgIpc) is 3.12. The lowest BCUT2D eigenvalue weighted by Crippen LogP contribution is -2.28. The summed E-state index contributed by atoms with van der Waals surface area (Å²) in [7, 11) is 0. The van der Waals surface area contributed by atoms with Gasteiger partial charge in [-0.15, -0.1) is 0 Å². The quantitative estimate of drug-likeness (QED) is 0.548. The van der Waals surface area contributed by atoms with E-state index in [1.807, 2.05) is 0 Å². The zero-order valence-electron chi connectivity index (χ0n) is 18.5. The van der Waals surface area contributed by atoms with Crippen LogP contribution in [0, 0.1) is 0 Å². The van der Waals surface area contributed by atoms with Gasteiger partial charge >= 0.3 is 6.18 Å². The first kappa shape index (κ1) is 23.5. The number of carbonyl (C=O) groups is 1. The summed E-state index contributed by atoms with van der Waals surface area (Å²) in [6, 6.07) is 11.1. The van der Waals surface area contributed by atoms with Crippen molar-refractivity contribution in [2.75, 3.05) is 18.1 Å². The second kappa shape index (κ2) is 8.94. The molecule has 1 aromatic carbocycles. The van der Waals surface area contributed by atoms with E-state index in [-0.39, 0.29) is 24.8 Å². The highest BCUT2D eigenvalue weighted by atomic mass is 19.4. The molecule has 0 unspecified atom stereocenters. The fourth-order valence-electron chi connectivity index (χ4n) is 3.47. The summed E-state index contributed by atoms with van der Waals surface area (Å²) in [6.07, 6.45) is -1.59. The first-order chi connectivity index (χ1) is 16.0. The summed E-state index contributed by atoms with van der Waals surface area (Å²) in [5.74, 6) is 0.542. The number of aromatic nitrogens is 2. The molecule has 2 aromatic heterocycles. The van der Waals surface area contributed by atoms with Crippen molar-refractivity contribution in [2.24, 2.45) is 0 Å². The van der Waals surface area contributed by atoms with Gasteiger partial charge in [-0.3, -0.25) is 14.7 Å². The predicted octanol–water partition coefficient (Wildman–Crippen LogP) is 4.39. The van der Waals surface area contributed by atoms with E-state index in [1.54, 1.807) is 50.2 Å². The van der Waals surface area contributed by atoms with E-state index < -0.39 is 18.4 Å². The number of amides is 1. The Morgan fingerprint density at radius 2 is 1.76 bits per heavy atom. The second-order valence-corrected chi connectivity index (χ2v) is 8.43. The van der Waals surface area contributed by atoms with Crippen LogP contribution in [0.15, 0.2) is 54.9 Å². The van der Waals surface area contributed by atoms with Crippen molar-refractivity contribution in [3.05, 3.63) is 66.0 Å². The van der Waals surface area contributed by atoms with E-state index >= 15 is 0 Å². The molecule has 4 rings (SSSR count). The SMILES string of the molecule is CC(C)(O)COc1ccc(N2Cc3c(ccnc3-c3ccccc3OCC(F)(F)F)C2=O)nc1. The number of halogens is 3. The van der Waals surface area contributed by atoms with E-state index in [4.69, 9.17) is 9.47 Å². The lowest BCUT2D eigenvalue weighted by atomic mass is 10.0. The Bertz CT molecular complexity index is 1190. The largest absolute Gasteiger partial charge is 0.489 e. The minimum Gasteiger partial charge on any atom is -0.489 e. The first-order valence-corrected chi connectivity index (χ1v) is 10.4. The number of fused-ring (bicyclic) bond motifs is 1. The van der Waals surface area contributed by atoms with E-state index in [2.05, 4.69) is 9.97 Å². The predicted molar refractivity (Wildman–Crippen MR) is 118 cm³/mol. The van der Waals surface area contributed by atoms with Gasteiger partial charge in [0.1, 0.15) is 23.9 Å². The number of alkyl halides is 3. The van der Waals surface area contributed by atoms with Gasteiger partial charge in [0.25, 0.3) is 5.91 Å². The molecule has 0 bridgehead atoms. The molecule has 0 aliphatic carbocycles. The van der Waals surface area contributed by atoms with Gasteiger partial charge in [-0.05, 0) is 44.2 Å². The fraction of sp³-hybridized carbons (Fsp3) is 0.292. The van der Waals surface area contributed by atoms with Crippen molar-refractivity contribution in [2.45, 2.75) is 32.2 Å². The molecular weight excluding hydrogens is 451 g/mol. The Morgan fingerprint density at radius 1 is 1.00 bits per heavy atom. The highest BCUT2D eigenvalue weighted by Gasteiger charge is 2.33. The zero-order valence-corrected chi connectivity index (χ0v) is 18.5. The molecule has 7 nitrogen and oxygen atoms in total. The summed E-state index contributed by atoms with van der Waals surface area (Å²) in [6.45, 7) is 2.02. The minimum absolute atomic E-state index is 0.0260. The monoisotopic (exact) mass is 473 g/mol. The maximum atomic E-state index is 13.1. The van der Waals surface area contributed by atoms with Crippen LogP contribution in [-0.2, 0) is 6.54 Å². The van der Waals surface area contributed by atoms with Crippen LogP contribution in [0.3, 0.4) is 0 Å². The highest BCUT2D eigenvalue weighted by molar-refractivity contribution is 6.10. The van der Waals surface area contributed by atoms with Crippen LogP contribution >= 0.6 is 0 Å². The van der Waals surface area contributed by atoms with Crippen LogP contribution in [0.1, 0.15) is 29.8 Å². The van der Waals surface area contributed by atoms with Crippen LogP contribution in [0.2, 0.25) is 0 Å². The number of para-hydroxylation sites is 1. The van der Waals surface area contributed by atoms with Crippen molar-refractivity contribution in [3.8, 4) is 22.8 Å². The van der Waals surface area contributed by atoms with E-state index in [0.717, 1.165) is 0 Å². The summed E-state index contributed by atoms with van der Waals surface area (Å²) >= 11 is 0. The van der Waals surface area contributed by atoms with Crippen LogP contribution < -0.4 is 14.4 Å². The van der Waals surface area contributed by atoms with E-state index in [9.17, 15) is 23.1 Å². The van der Waals surface area contributed by atoms with Crippen molar-refractivity contribution in [1.29, 1.82) is 0 Å². The standard InChI is InChI=1S/C24H22F3N3O4/c1-23(2,32)13-33-15-7-8-20(29-11-15)30-12-18-16(22(30)31)9-10-28-21(18)17-5-3-4-6-19(17)34-14-24(25,26)27/h3-11,32H,12-14H2,1-2H3. The Morgan fingerprint density at radius 3 is 2.44 bits per heavy atom. The molecule has 178 valence electrons. The van der Waals surface area contributed by atoms with Gasteiger partial charge in [0.2, 0.25) is 0 Å². The smallest absolute Gasteiger partial charge is 0.422 e. The number of anilines is 1. The molecule has 1 aliphatic heterocycles. The molecule has 1 amide bonds. The maximum absolute atomic E-state index is 13.1. The van der Waals surface area contributed by atoms with Crippen LogP contribution in [0.25, 0.3) is 11.3 Å². The molecule has 3 aromatic rings. The lowest BCUT2D eigenvalue weighted by molar-refractivity contribution is -0.153. The molecule has 1 aliphatic rings. The molecular formula is C24H22F3N3O4. The number of nitrogens with zero attached hydrogens (tertiary/aromatic N) is 3. The van der Waals surface area contributed by atoms with Gasteiger partial charge < -0.3 is 14.6 Å². The third kappa shape index (κ3) is 5.28. The zero-order chi connectivity index (χ0) is 24.5. The maximum Gasteiger partial charge on any atom is 0.422 e. The molecule has 0 saturated carbocycles. The van der Waals surface area contributed by atoms with Gasteiger partial charge in [0.15, 0.2) is 6.61 Å². The van der Waals surface area contributed by atoms with Crippen molar-refractivity contribution in [1.82, 2.24) is 9.97 Å². The molecule has 0 atom stereocenters. The number of benzene rings is 1. The van der Waals surface area contributed by atoms with Gasteiger partial charge in [-0.2, -0.15) is 13.2 Å². The molecule has 3 heterocycles. The van der Waals surface area contributed by atoms with Gasteiger partial charge in [-0.25, -0.2) is 4.98 Å². The Hall–Kier alpha value is -3.66. The summed E-state index contributed by atoms with van der Waals surface area (Å²) in [5.41, 5.74) is 0.687. The average molecular weight is 473 g/mol. The second-order valence-electron chi connectivity index (χ2n) is 8.43. The number of aliphatic hydroxyl groups is 1. The highest BCUT2D eigenvalue weighted by Crippen LogP contribution is 2.37. The molecule has 10 heteroatoms. The number of hydrogen-bond donors (Lipinski definition) is 1. The number of carbonyl (C=O) groups excluding carboxylic acids is 1. The number of ether oxygens (including phenoxy) is 2.